The van der Waals surface area contributed by atoms with Gasteiger partial charge < -0.3 is 5.73 Å². The van der Waals surface area contributed by atoms with Gasteiger partial charge >= 0.3 is 0 Å². The van der Waals surface area contributed by atoms with Crippen molar-refractivity contribution in [3.05, 3.63) is 72.9 Å². The zero-order chi connectivity index (χ0) is 17.3. The second kappa shape index (κ2) is 5.45. The van der Waals surface area contributed by atoms with Crippen molar-refractivity contribution in [1.82, 2.24) is 0 Å². The molecule has 134 valence electrons. The van der Waals surface area contributed by atoms with Gasteiger partial charge in [-0.05, 0) is 72.0 Å². The molecule has 0 aromatic heterocycles. The first-order chi connectivity index (χ1) is 12.8. The third-order valence-corrected chi connectivity index (χ3v) is 8.79. The maximum absolute atomic E-state index is 6.57. The average molecular weight is 344 g/mol. The summed E-state index contributed by atoms with van der Waals surface area (Å²) in [6, 6.07) is 0.393. The third-order valence-electron chi connectivity index (χ3n) is 8.79. The summed E-state index contributed by atoms with van der Waals surface area (Å²) >= 11 is 0. The minimum Gasteiger partial charge on any atom is -0.328 e. The topological polar surface area (TPSA) is 26.0 Å². The second-order valence-corrected chi connectivity index (χ2v) is 9.46. The lowest BCUT2D eigenvalue weighted by Crippen LogP contribution is -2.46. The average Bonchev–Trinajstić information content (AvgIpc) is 3.15. The molecule has 0 aromatic rings. The fourth-order valence-corrected chi connectivity index (χ4v) is 8.19. The van der Waals surface area contributed by atoms with Crippen LogP contribution in [0, 0.1) is 52.8 Å². The van der Waals surface area contributed by atoms with Gasteiger partial charge in [-0.2, -0.15) is 0 Å². The van der Waals surface area contributed by atoms with Crippen molar-refractivity contribution in [3.63, 3.8) is 0 Å². The predicted molar refractivity (Wildman–Crippen MR) is 107 cm³/mol. The van der Waals surface area contributed by atoms with Gasteiger partial charge in [-0.15, -0.1) is 0 Å². The molecule has 9 atom stereocenters. The Morgan fingerprint density at radius 2 is 1.12 bits per heavy atom. The molecule has 6 aliphatic rings. The zero-order valence-corrected chi connectivity index (χ0v) is 15.3. The van der Waals surface area contributed by atoms with Crippen LogP contribution >= 0.6 is 0 Å². The Labute approximate surface area is 157 Å². The van der Waals surface area contributed by atoms with Crippen molar-refractivity contribution in [2.24, 2.45) is 58.5 Å². The Morgan fingerprint density at radius 1 is 0.615 bits per heavy atom. The number of allylic oxidation sites excluding steroid dienone is 12. The molecule has 3 fully saturated rings. The van der Waals surface area contributed by atoms with Gasteiger partial charge in [-0.1, -0.05) is 72.9 Å². The SMILES string of the molecule is NC1CCC2C3C=CC=CC3C3(C4C=CC=CC4C4C=CC=CC43)C2C1. The summed E-state index contributed by atoms with van der Waals surface area (Å²) in [5.41, 5.74) is 6.91. The number of hydrogen-bond acceptors (Lipinski definition) is 1. The lowest BCUT2D eigenvalue weighted by Gasteiger charge is -2.48. The lowest BCUT2D eigenvalue weighted by molar-refractivity contribution is 0.0387. The van der Waals surface area contributed by atoms with Crippen LogP contribution in [0.4, 0.5) is 0 Å². The van der Waals surface area contributed by atoms with Crippen molar-refractivity contribution in [2.75, 3.05) is 0 Å². The fraction of sp³-hybridized carbons (Fsp3) is 0.520. The van der Waals surface area contributed by atoms with Gasteiger partial charge in [0, 0.05) is 6.04 Å². The number of nitrogens with two attached hydrogens (primary N) is 1. The van der Waals surface area contributed by atoms with Crippen LogP contribution in [0.15, 0.2) is 72.9 Å². The Kier molecular flexibility index (Phi) is 3.24. The molecule has 0 radical (unpaired) electrons. The molecule has 0 saturated heterocycles. The highest BCUT2D eigenvalue weighted by Crippen LogP contribution is 2.74. The van der Waals surface area contributed by atoms with E-state index in [1.54, 1.807) is 0 Å². The van der Waals surface area contributed by atoms with E-state index in [0.717, 1.165) is 17.8 Å². The van der Waals surface area contributed by atoms with Crippen molar-refractivity contribution in [1.29, 1.82) is 0 Å². The molecular formula is C25H29N. The third kappa shape index (κ3) is 1.76. The standard InChI is InChI=1S/C25H29N/c26-16-13-14-20-19-9-3-6-12-23(19)25(24(20)15-16)21-10-4-1-7-17(21)18-8-2-5-11-22(18)25/h1-12,16-24H,13-15,26H2. The molecule has 1 nitrogen and oxygen atoms in total. The quantitative estimate of drug-likeness (QED) is 0.670. The maximum Gasteiger partial charge on any atom is 0.00418 e. The number of fused-ring (bicyclic) bond motifs is 10. The minimum absolute atomic E-state index is 0.340. The Morgan fingerprint density at radius 3 is 1.73 bits per heavy atom. The van der Waals surface area contributed by atoms with E-state index in [4.69, 9.17) is 5.73 Å². The summed E-state index contributed by atoms with van der Waals surface area (Å²) in [5.74, 6) is 5.57. The number of hydrogen-bond donors (Lipinski definition) is 1. The molecule has 1 spiro atoms. The first-order valence-corrected chi connectivity index (χ1v) is 10.6. The number of rotatable bonds is 0. The van der Waals surface area contributed by atoms with Crippen LogP contribution in [-0.2, 0) is 0 Å². The van der Waals surface area contributed by atoms with Crippen molar-refractivity contribution in [2.45, 2.75) is 25.3 Å². The van der Waals surface area contributed by atoms with Crippen molar-refractivity contribution < 1.29 is 0 Å². The van der Waals surface area contributed by atoms with Gasteiger partial charge in [-0.25, -0.2) is 0 Å². The maximum atomic E-state index is 6.57. The van der Waals surface area contributed by atoms with E-state index in [0.29, 0.717) is 41.0 Å². The Bertz CT molecular complexity index is 744. The molecule has 0 aromatic carbocycles. The van der Waals surface area contributed by atoms with E-state index in [2.05, 4.69) is 72.9 Å². The summed E-state index contributed by atoms with van der Waals surface area (Å²) in [5, 5.41) is 0. The molecule has 0 aliphatic heterocycles. The molecule has 0 amide bonds. The first-order valence-electron chi connectivity index (χ1n) is 10.6. The van der Waals surface area contributed by atoms with Gasteiger partial charge in [0.1, 0.15) is 0 Å². The van der Waals surface area contributed by atoms with E-state index < -0.39 is 0 Å². The summed E-state index contributed by atoms with van der Waals surface area (Å²) in [6.45, 7) is 0. The minimum atomic E-state index is 0.340. The van der Waals surface area contributed by atoms with E-state index >= 15 is 0 Å². The van der Waals surface area contributed by atoms with E-state index in [1.165, 1.54) is 19.3 Å². The molecule has 1 heteroatoms. The first kappa shape index (κ1) is 15.5. The molecule has 26 heavy (non-hydrogen) atoms. The van der Waals surface area contributed by atoms with Gasteiger partial charge in [0.15, 0.2) is 0 Å². The zero-order valence-electron chi connectivity index (χ0n) is 15.3. The highest BCUT2D eigenvalue weighted by molar-refractivity contribution is 5.38. The van der Waals surface area contributed by atoms with Crippen LogP contribution < -0.4 is 5.73 Å². The van der Waals surface area contributed by atoms with Gasteiger partial charge in [0.2, 0.25) is 0 Å². The van der Waals surface area contributed by atoms with Crippen LogP contribution in [0.2, 0.25) is 0 Å². The largest absolute Gasteiger partial charge is 0.328 e. The van der Waals surface area contributed by atoms with Gasteiger partial charge in [-0.3, -0.25) is 0 Å². The predicted octanol–water partition coefficient (Wildman–Crippen LogP) is 4.82. The van der Waals surface area contributed by atoms with Crippen LogP contribution in [0.1, 0.15) is 19.3 Å². The van der Waals surface area contributed by atoms with Crippen LogP contribution in [0.3, 0.4) is 0 Å². The monoisotopic (exact) mass is 343 g/mol. The molecule has 6 rings (SSSR count). The van der Waals surface area contributed by atoms with E-state index in [9.17, 15) is 0 Å². The Hall–Kier alpha value is -1.60. The van der Waals surface area contributed by atoms with E-state index in [-0.39, 0.29) is 0 Å². The van der Waals surface area contributed by atoms with Crippen molar-refractivity contribution in [3.8, 4) is 0 Å². The molecule has 2 N–H and O–H groups in total. The summed E-state index contributed by atoms with van der Waals surface area (Å²) in [4.78, 5) is 0. The van der Waals surface area contributed by atoms with Crippen LogP contribution in [0.5, 0.6) is 0 Å². The normalized spacial score (nSPS) is 55.0. The molecule has 3 saturated carbocycles. The second-order valence-electron chi connectivity index (χ2n) is 9.46. The summed E-state index contributed by atoms with van der Waals surface area (Å²) < 4.78 is 0. The van der Waals surface area contributed by atoms with Crippen LogP contribution in [-0.4, -0.2) is 6.04 Å². The van der Waals surface area contributed by atoms with Crippen LogP contribution in [0.25, 0.3) is 0 Å². The molecule has 0 heterocycles. The molecule has 9 unspecified atom stereocenters. The highest BCUT2D eigenvalue weighted by Gasteiger charge is 2.70. The molecule has 0 bridgehead atoms. The van der Waals surface area contributed by atoms with Crippen molar-refractivity contribution >= 4 is 0 Å². The fourth-order valence-electron chi connectivity index (χ4n) is 8.19. The van der Waals surface area contributed by atoms with Gasteiger partial charge in [0.05, 0.1) is 0 Å². The smallest absolute Gasteiger partial charge is 0.00418 e. The van der Waals surface area contributed by atoms with E-state index in [1.807, 2.05) is 0 Å². The summed E-state index contributed by atoms with van der Waals surface area (Å²) in [6.07, 6.45) is 32.9. The van der Waals surface area contributed by atoms with Gasteiger partial charge in [0.25, 0.3) is 0 Å². The molecular weight excluding hydrogens is 314 g/mol. The Balaban J connectivity index is 1.57. The highest BCUT2D eigenvalue weighted by atomic mass is 14.8. The molecule has 6 aliphatic carbocycles. The summed E-state index contributed by atoms with van der Waals surface area (Å²) in [7, 11) is 0. The lowest BCUT2D eigenvalue weighted by atomic mass is 9.55.